The van der Waals surface area contributed by atoms with Crippen LogP contribution in [0.2, 0.25) is 0 Å². The first-order valence-corrected chi connectivity index (χ1v) is 6.02. The van der Waals surface area contributed by atoms with Gasteiger partial charge in [0.15, 0.2) is 0 Å². The van der Waals surface area contributed by atoms with Gasteiger partial charge in [0.1, 0.15) is 0 Å². The van der Waals surface area contributed by atoms with E-state index in [2.05, 4.69) is 5.32 Å². The number of hydrogen-bond acceptors (Lipinski definition) is 3. The summed E-state index contributed by atoms with van der Waals surface area (Å²) in [6, 6.07) is 7.39. The van der Waals surface area contributed by atoms with Crippen molar-refractivity contribution in [3.8, 4) is 0 Å². The molecule has 18 heavy (non-hydrogen) atoms. The van der Waals surface area contributed by atoms with Gasteiger partial charge in [-0.2, -0.15) is 0 Å². The van der Waals surface area contributed by atoms with Crippen LogP contribution in [0.15, 0.2) is 24.3 Å². The number of aliphatic hydroxyl groups excluding tert-OH is 1. The number of carbonyl (C=O) groups is 1. The number of nitrogens with zero attached hydrogens (tertiary/aromatic N) is 1. The summed E-state index contributed by atoms with van der Waals surface area (Å²) in [5, 5.41) is 22.2. The lowest BCUT2D eigenvalue weighted by Crippen LogP contribution is -2.52. The highest BCUT2D eigenvalue weighted by molar-refractivity contribution is 5.66. The highest BCUT2D eigenvalue weighted by Gasteiger charge is 2.33. The Balaban J connectivity index is 2.25. The Morgan fingerprint density at radius 1 is 1.50 bits per heavy atom. The zero-order valence-electron chi connectivity index (χ0n) is 10.3. The molecule has 1 aromatic carbocycles. The number of hydrogen-bond donors (Lipinski definition) is 3. The molecule has 5 nitrogen and oxygen atoms in total. The fraction of sp³-hybridized carbons (Fsp3) is 0.462. The number of amides is 1. The molecule has 2 unspecified atom stereocenters. The maximum absolute atomic E-state index is 11.3. The van der Waals surface area contributed by atoms with Crippen LogP contribution < -0.4 is 5.32 Å². The van der Waals surface area contributed by atoms with Crippen molar-refractivity contribution >= 4 is 6.09 Å². The number of fused-ring (bicyclic) bond motifs is 1. The van der Waals surface area contributed by atoms with Crippen LogP contribution in [0, 0.1) is 0 Å². The summed E-state index contributed by atoms with van der Waals surface area (Å²) in [7, 11) is 1.74. The van der Waals surface area contributed by atoms with Gasteiger partial charge in [-0.1, -0.05) is 24.3 Å². The number of carboxylic acid groups (broad SMARTS) is 1. The van der Waals surface area contributed by atoms with Gasteiger partial charge in [-0.25, -0.2) is 4.79 Å². The average Bonchev–Trinajstić information content (AvgIpc) is 2.37. The van der Waals surface area contributed by atoms with E-state index in [4.69, 9.17) is 0 Å². The van der Waals surface area contributed by atoms with Crippen molar-refractivity contribution in [2.75, 3.05) is 13.6 Å². The molecule has 0 saturated heterocycles. The maximum Gasteiger partial charge on any atom is 0.407 e. The zero-order chi connectivity index (χ0) is 13.1. The molecule has 1 aromatic rings. The van der Waals surface area contributed by atoms with Crippen molar-refractivity contribution in [2.24, 2.45) is 0 Å². The van der Waals surface area contributed by atoms with E-state index in [1.807, 2.05) is 24.3 Å². The Hall–Kier alpha value is -1.59. The van der Waals surface area contributed by atoms with E-state index in [1.54, 1.807) is 7.05 Å². The van der Waals surface area contributed by atoms with E-state index in [9.17, 15) is 15.0 Å². The van der Waals surface area contributed by atoms with Crippen LogP contribution in [0.4, 0.5) is 4.79 Å². The monoisotopic (exact) mass is 250 g/mol. The molecular formula is C13H18N2O3. The van der Waals surface area contributed by atoms with Gasteiger partial charge in [0.25, 0.3) is 0 Å². The predicted octanol–water partition coefficient (Wildman–Crippen LogP) is 0.672. The molecule has 1 amide bonds. The minimum atomic E-state index is -0.982. The standard InChI is InChI=1S/C13H18N2O3/c1-14-7-12(16)11-6-9-4-2-3-5-10(9)8-15(11)13(17)18/h2-5,11-12,14,16H,6-8H2,1H3,(H,17,18). The topological polar surface area (TPSA) is 72.8 Å². The largest absolute Gasteiger partial charge is 0.465 e. The molecule has 0 aliphatic carbocycles. The second-order valence-corrected chi connectivity index (χ2v) is 4.58. The first-order chi connectivity index (χ1) is 8.63. The molecule has 98 valence electrons. The van der Waals surface area contributed by atoms with Crippen molar-refractivity contribution in [2.45, 2.75) is 25.1 Å². The van der Waals surface area contributed by atoms with Crippen molar-refractivity contribution in [1.82, 2.24) is 10.2 Å². The summed E-state index contributed by atoms with van der Waals surface area (Å²) in [5.74, 6) is 0. The maximum atomic E-state index is 11.3. The summed E-state index contributed by atoms with van der Waals surface area (Å²) in [6.45, 7) is 0.730. The molecule has 0 aromatic heterocycles. The van der Waals surface area contributed by atoms with E-state index in [0.717, 1.165) is 11.1 Å². The lowest BCUT2D eigenvalue weighted by Gasteiger charge is -2.37. The second-order valence-electron chi connectivity index (χ2n) is 4.58. The van der Waals surface area contributed by atoms with Crippen LogP contribution in [0.5, 0.6) is 0 Å². The molecule has 1 aliphatic rings. The van der Waals surface area contributed by atoms with Crippen LogP contribution in [0.25, 0.3) is 0 Å². The van der Waals surface area contributed by atoms with Crippen molar-refractivity contribution in [3.05, 3.63) is 35.4 Å². The first-order valence-electron chi connectivity index (χ1n) is 6.02. The zero-order valence-corrected chi connectivity index (χ0v) is 10.3. The Morgan fingerprint density at radius 2 is 2.17 bits per heavy atom. The Kier molecular flexibility index (Phi) is 3.84. The van der Waals surface area contributed by atoms with Crippen LogP contribution in [0.3, 0.4) is 0 Å². The molecule has 0 spiro atoms. The molecule has 5 heteroatoms. The Morgan fingerprint density at radius 3 is 2.78 bits per heavy atom. The predicted molar refractivity (Wildman–Crippen MR) is 67.4 cm³/mol. The number of likely N-dealkylation sites (N-methyl/N-ethyl adjacent to an activating group) is 1. The second kappa shape index (κ2) is 5.37. The fourth-order valence-electron chi connectivity index (χ4n) is 2.45. The number of nitrogens with one attached hydrogen (secondary N) is 1. The number of aliphatic hydroxyl groups is 1. The van der Waals surface area contributed by atoms with Gasteiger partial charge in [-0.3, -0.25) is 4.90 Å². The van der Waals surface area contributed by atoms with Gasteiger partial charge in [0, 0.05) is 13.1 Å². The highest BCUT2D eigenvalue weighted by atomic mass is 16.4. The minimum Gasteiger partial charge on any atom is -0.465 e. The third kappa shape index (κ3) is 2.47. The molecule has 0 bridgehead atoms. The molecule has 0 fully saturated rings. The van der Waals surface area contributed by atoms with Gasteiger partial charge in [0.05, 0.1) is 12.1 Å². The van der Waals surface area contributed by atoms with E-state index in [-0.39, 0.29) is 6.04 Å². The summed E-state index contributed by atoms with van der Waals surface area (Å²) < 4.78 is 0. The van der Waals surface area contributed by atoms with Crippen LogP contribution in [-0.2, 0) is 13.0 Å². The van der Waals surface area contributed by atoms with Gasteiger partial charge < -0.3 is 15.5 Å². The summed E-state index contributed by atoms with van der Waals surface area (Å²) in [4.78, 5) is 12.6. The Labute approximate surface area is 106 Å². The van der Waals surface area contributed by atoms with Crippen molar-refractivity contribution in [3.63, 3.8) is 0 Å². The van der Waals surface area contributed by atoms with Crippen molar-refractivity contribution in [1.29, 1.82) is 0 Å². The van der Waals surface area contributed by atoms with Gasteiger partial charge >= 0.3 is 6.09 Å². The molecule has 1 aliphatic heterocycles. The number of benzene rings is 1. The highest BCUT2D eigenvalue weighted by Crippen LogP contribution is 2.25. The van der Waals surface area contributed by atoms with Crippen LogP contribution >= 0.6 is 0 Å². The molecule has 2 rings (SSSR count). The fourth-order valence-corrected chi connectivity index (χ4v) is 2.45. The molecule has 1 heterocycles. The number of rotatable bonds is 3. The minimum absolute atomic E-state index is 0.344. The molecule has 0 saturated carbocycles. The van der Waals surface area contributed by atoms with E-state index >= 15 is 0 Å². The van der Waals surface area contributed by atoms with Gasteiger partial charge in [0.2, 0.25) is 0 Å². The average molecular weight is 250 g/mol. The lowest BCUT2D eigenvalue weighted by atomic mass is 9.91. The SMILES string of the molecule is CNCC(O)C1Cc2ccccc2CN1C(=O)O. The Bertz CT molecular complexity index is 436. The van der Waals surface area contributed by atoms with Gasteiger partial charge in [-0.05, 0) is 24.6 Å². The third-order valence-electron chi connectivity index (χ3n) is 3.39. The van der Waals surface area contributed by atoms with E-state index < -0.39 is 12.2 Å². The lowest BCUT2D eigenvalue weighted by molar-refractivity contribution is 0.0398. The third-order valence-corrected chi connectivity index (χ3v) is 3.39. The van der Waals surface area contributed by atoms with Gasteiger partial charge in [-0.15, -0.1) is 0 Å². The quantitative estimate of drug-likeness (QED) is 0.737. The molecular weight excluding hydrogens is 232 g/mol. The van der Waals surface area contributed by atoms with E-state index in [1.165, 1.54) is 4.90 Å². The summed E-state index contributed by atoms with van der Waals surface area (Å²) in [6.07, 6.45) is -1.12. The van der Waals surface area contributed by atoms with Crippen LogP contribution in [-0.4, -0.2) is 46.9 Å². The van der Waals surface area contributed by atoms with Crippen molar-refractivity contribution < 1.29 is 15.0 Å². The summed E-state index contributed by atoms with van der Waals surface area (Å²) in [5.41, 5.74) is 2.14. The van der Waals surface area contributed by atoms with Crippen LogP contribution in [0.1, 0.15) is 11.1 Å². The van der Waals surface area contributed by atoms with E-state index in [0.29, 0.717) is 19.5 Å². The summed E-state index contributed by atoms with van der Waals surface area (Å²) >= 11 is 0. The molecule has 0 radical (unpaired) electrons. The normalized spacial score (nSPS) is 20.3. The first kappa shape index (κ1) is 12.9. The smallest absolute Gasteiger partial charge is 0.407 e. The molecule has 3 N–H and O–H groups in total. The molecule has 2 atom stereocenters.